The van der Waals surface area contributed by atoms with Gasteiger partial charge in [0, 0.05) is 22.8 Å². The molecule has 0 unspecified atom stereocenters. The Kier molecular flexibility index (Phi) is 4.36. The van der Waals surface area contributed by atoms with Gasteiger partial charge in [0.05, 0.1) is 0 Å². The van der Waals surface area contributed by atoms with Gasteiger partial charge in [-0.2, -0.15) is 0 Å². The third-order valence-corrected chi connectivity index (χ3v) is 3.64. The molecule has 1 heterocycles. The summed E-state index contributed by atoms with van der Waals surface area (Å²) in [5, 5.41) is 0. The van der Waals surface area contributed by atoms with Gasteiger partial charge in [0.1, 0.15) is 18.2 Å². The van der Waals surface area contributed by atoms with Crippen molar-refractivity contribution in [3.8, 4) is 5.75 Å². The Hall–Kier alpha value is -2.07. The van der Waals surface area contributed by atoms with Crippen LogP contribution in [0.15, 0.2) is 65.3 Å². The van der Waals surface area contributed by atoms with E-state index in [9.17, 15) is 0 Å². The Morgan fingerprint density at radius 1 is 1.00 bits per heavy atom. The standard InChI is InChI=1S/C17H15BrN2O/c18-14-8-6-13(7-9-14)10-15-11-19-17(20-15)12-21-16-4-2-1-3-5-16/h1-9,11H,10,12H2,(H,19,20). The molecule has 3 aromatic rings. The monoisotopic (exact) mass is 342 g/mol. The molecule has 0 radical (unpaired) electrons. The molecule has 2 aromatic carbocycles. The van der Waals surface area contributed by atoms with Gasteiger partial charge < -0.3 is 9.72 Å². The van der Waals surface area contributed by atoms with Crippen molar-refractivity contribution >= 4 is 15.9 Å². The number of nitrogens with one attached hydrogen (secondary N) is 1. The van der Waals surface area contributed by atoms with E-state index >= 15 is 0 Å². The van der Waals surface area contributed by atoms with Crippen LogP contribution >= 0.6 is 15.9 Å². The summed E-state index contributed by atoms with van der Waals surface area (Å²) in [5.74, 6) is 1.69. The fourth-order valence-corrected chi connectivity index (χ4v) is 2.32. The van der Waals surface area contributed by atoms with Crippen LogP contribution < -0.4 is 4.74 Å². The molecule has 0 fully saturated rings. The van der Waals surface area contributed by atoms with Crippen molar-refractivity contribution in [1.82, 2.24) is 9.97 Å². The first-order valence-electron chi connectivity index (χ1n) is 6.74. The lowest BCUT2D eigenvalue weighted by Gasteiger charge is -2.03. The summed E-state index contributed by atoms with van der Waals surface area (Å²) in [4.78, 5) is 7.65. The summed E-state index contributed by atoms with van der Waals surface area (Å²) in [5.41, 5.74) is 2.33. The molecule has 0 aliphatic heterocycles. The molecule has 1 aromatic heterocycles. The van der Waals surface area contributed by atoms with E-state index in [0.717, 1.165) is 28.2 Å². The molecule has 21 heavy (non-hydrogen) atoms. The van der Waals surface area contributed by atoms with E-state index in [1.165, 1.54) is 5.56 Å². The maximum atomic E-state index is 5.67. The minimum atomic E-state index is 0.449. The van der Waals surface area contributed by atoms with Crippen LogP contribution in [0, 0.1) is 0 Å². The number of halogens is 1. The molecule has 0 aliphatic carbocycles. The number of rotatable bonds is 5. The van der Waals surface area contributed by atoms with Crippen molar-refractivity contribution in [3.63, 3.8) is 0 Å². The average Bonchev–Trinajstić information content (AvgIpc) is 2.96. The first-order chi connectivity index (χ1) is 10.3. The molecule has 0 aliphatic rings. The van der Waals surface area contributed by atoms with Gasteiger partial charge in [0.25, 0.3) is 0 Å². The van der Waals surface area contributed by atoms with Crippen LogP contribution in [0.25, 0.3) is 0 Å². The van der Waals surface area contributed by atoms with Crippen LogP contribution in [0.2, 0.25) is 0 Å². The Labute approximate surface area is 132 Å². The molecule has 1 N–H and O–H groups in total. The van der Waals surface area contributed by atoms with Crippen molar-refractivity contribution in [1.29, 1.82) is 0 Å². The maximum absolute atomic E-state index is 5.67. The van der Waals surface area contributed by atoms with E-state index in [1.54, 1.807) is 0 Å². The third-order valence-electron chi connectivity index (χ3n) is 3.11. The van der Waals surface area contributed by atoms with E-state index < -0.39 is 0 Å². The Morgan fingerprint density at radius 2 is 1.76 bits per heavy atom. The van der Waals surface area contributed by atoms with Crippen molar-refractivity contribution in [2.45, 2.75) is 13.0 Å². The smallest absolute Gasteiger partial charge is 0.146 e. The fraction of sp³-hybridized carbons (Fsp3) is 0.118. The highest BCUT2D eigenvalue weighted by molar-refractivity contribution is 9.10. The number of nitrogens with zero attached hydrogens (tertiary/aromatic N) is 1. The van der Waals surface area contributed by atoms with E-state index in [1.807, 2.05) is 48.7 Å². The average molecular weight is 343 g/mol. The SMILES string of the molecule is Brc1ccc(Cc2cnc(COc3ccccc3)[nH]2)cc1. The number of benzene rings is 2. The molecular formula is C17H15BrN2O. The predicted molar refractivity (Wildman–Crippen MR) is 86.3 cm³/mol. The highest BCUT2D eigenvalue weighted by Gasteiger charge is 2.03. The number of ether oxygens (including phenoxy) is 1. The van der Waals surface area contributed by atoms with Gasteiger partial charge >= 0.3 is 0 Å². The van der Waals surface area contributed by atoms with Crippen molar-refractivity contribution in [3.05, 3.63) is 82.3 Å². The summed E-state index contributed by atoms with van der Waals surface area (Å²) in [7, 11) is 0. The van der Waals surface area contributed by atoms with E-state index in [-0.39, 0.29) is 0 Å². The quantitative estimate of drug-likeness (QED) is 0.748. The first kappa shape index (κ1) is 13.9. The van der Waals surface area contributed by atoms with Gasteiger partial charge in [0.2, 0.25) is 0 Å². The Balaban J connectivity index is 1.59. The Morgan fingerprint density at radius 3 is 2.52 bits per heavy atom. The summed E-state index contributed by atoms with van der Waals surface area (Å²) in [6, 6.07) is 18.0. The molecule has 4 heteroatoms. The number of aromatic amines is 1. The number of para-hydroxylation sites is 1. The summed E-state index contributed by atoms with van der Waals surface area (Å²) >= 11 is 3.44. The molecule has 0 atom stereocenters. The molecule has 0 bridgehead atoms. The van der Waals surface area contributed by atoms with Crippen molar-refractivity contribution in [2.24, 2.45) is 0 Å². The lowest BCUT2D eigenvalue weighted by atomic mass is 10.1. The molecular weight excluding hydrogens is 328 g/mol. The predicted octanol–water partition coefficient (Wildman–Crippen LogP) is 4.34. The molecule has 106 valence electrons. The van der Waals surface area contributed by atoms with Gasteiger partial charge in [-0.1, -0.05) is 46.3 Å². The van der Waals surface area contributed by atoms with Gasteiger partial charge in [-0.05, 0) is 29.8 Å². The van der Waals surface area contributed by atoms with Crippen LogP contribution in [0.1, 0.15) is 17.1 Å². The molecule has 0 amide bonds. The lowest BCUT2D eigenvalue weighted by molar-refractivity contribution is 0.297. The van der Waals surface area contributed by atoms with Crippen LogP contribution in [-0.4, -0.2) is 9.97 Å². The Bertz CT molecular complexity index is 692. The van der Waals surface area contributed by atoms with E-state index in [0.29, 0.717) is 6.61 Å². The number of hydrogen-bond donors (Lipinski definition) is 1. The third kappa shape index (κ3) is 3.95. The van der Waals surface area contributed by atoms with Gasteiger partial charge in [0.15, 0.2) is 0 Å². The maximum Gasteiger partial charge on any atom is 0.146 e. The molecule has 0 saturated heterocycles. The van der Waals surface area contributed by atoms with Crippen LogP contribution in [0.3, 0.4) is 0 Å². The highest BCUT2D eigenvalue weighted by Crippen LogP contribution is 2.14. The number of hydrogen-bond acceptors (Lipinski definition) is 2. The zero-order chi connectivity index (χ0) is 14.5. The minimum Gasteiger partial charge on any atom is -0.486 e. The van der Waals surface area contributed by atoms with E-state index in [2.05, 4.69) is 38.0 Å². The second kappa shape index (κ2) is 6.59. The van der Waals surface area contributed by atoms with Crippen molar-refractivity contribution in [2.75, 3.05) is 0 Å². The zero-order valence-electron chi connectivity index (χ0n) is 11.4. The normalized spacial score (nSPS) is 10.5. The highest BCUT2D eigenvalue weighted by atomic mass is 79.9. The zero-order valence-corrected chi connectivity index (χ0v) is 13.0. The molecule has 0 spiro atoms. The summed E-state index contributed by atoms with van der Waals surface area (Å²) in [6.45, 7) is 0.449. The van der Waals surface area contributed by atoms with Crippen LogP contribution in [0.5, 0.6) is 5.75 Å². The number of aromatic nitrogens is 2. The first-order valence-corrected chi connectivity index (χ1v) is 7.54. The molecule has 3 rings (SSSR count). The summed E-state index contributed by atoms with van der Waals surface area (Å²) in [6.07, 6.45) is 2.71. The lowest BCUT2D eigenvalue weighted by Crippen LogP contribution is -1.97. The van der Waals surface area contributed by atoms with Crippen LogP contribution in [0.4, 0.5) is 0 Å². The number of imidazole rings is 1. The van der Waals surface area contributed by atoms with Gasteiger partial charge in [-0.3, -0.25) is 0 Å². The van der Waals surface area contributed by atoms with Gasteiger partial charge in [-0.15, -0.1) is 0 Å². The minimum absolute atomic E-state index is 0.449. The van der Waals surface area contributed by atoms with Crippen LogP contribution in [-0.2, 0) is 13.0 Å². The largest absolute Gasteiger partial charge is 0.486 e. The number of H-pyrrole nitrogens is 1. The van der Waals surface area contributed by atoms with E-state index in [4.69, 9.17) is 4.74 Å². The summed E-state index contributed by atoms with van der Waals surface area (Å²) < 4.78 is 6.76. The van der Waals surface area contributed by atoms with Crippen molar-refractivity contribution < 1.29 is 4.74 Å². The second-order valence-corrected chi connectivity index (χ2v) is 5.68. The fourth-order valence-electron chi connectivity index (χ4n) is 2.06. The molecule has 0 saturated carbocycles. The second-order valence-electron chi connectivity index (χ2n) is 4.76. The topological polar surface area (TPSA) is 37.9 Å². The molecule has 3 nitrogen and oxygen atoms in total. The van der Waals surface area contributed by atoms with Gasteiger partial charge in [-0.25, -0.2) is 4.98 Å².